The average Bonchev–Trinajstić information content (AvgIpc) is 3.16. The maximum atomic E-state index is 12.6. The molecule has 0 aliphatic heterocycles. The van der Waals surface area contributed by atoms with E-state index in [0.717, 1.165) is 28.8 Å². The van der Waals surface area contributed by atoms with Crippen LogP contribution in [0.5, 0.6) is 0 Å². The number of amides is 1. The van der Waals surface area contributed by atoms with Crippen molar-refractivity contribution in [3.63, 3.8) is 0 Å². The highest BCUT2D eigenvalue weighted by atomic mass is 16.3. The molecule has 128 valence electrons. The van der Waals surface area contributed by atoms with Gasteiger partial charge in [0, 0.05) is 18.9 Å². The lowest BCUT2D eigenvalue weighted by Gasteiger charge is -2.12. The number of carbonyl (C=O) groups excluding carboxylic acids is 1. The maximum Gasteiger partial charge on any atom is 0.253 e. The SMILES string of the molecule is Cc1ccc(-n2ccnc2)c(C(=O)NCCc2ccc(CO)cc2)c1. The van der Waals surface area contributed by atoms with Gasteiger partial charge < -0.3 is 15.0 Å². The summed E-state index contributed by atoms with van der Waals surface area (Å²) in [7, 11) is 0. The number of hydrogen-bond donors (Lipinski definition) is 2. The summed E-state index contributed by atoms with van der Waals surface area (Å²) in [5, 5.41) is 12.1. The summed E-state index contributed by atoms with van der Waals surface area (Å²) in [5.41, 5.74) is 4.49. The van der Waals surface area contributed by atoms with Crippen molar-refractivity contribution in [2.24, 2.45) is 0 Å². The Kier molecular flexibility index (Phi) is 5.26. The van der Waals surface area contributed by atoms with Gasteiger partial charge >= 0.3 is 0 Å². The Balaban J connectivity index is 1.67. The zero-order valence-corrected chi connectivity index (χ0v) is 14.1. The number of rotatable bonds is 6. The smallest absolute Gasteiger partial charge is 0.253 e. The number of nitrogens with zero attached hydrogens (tertiary/aromatic N) is 2. The van der Waals surface area contributed by atoms with Gasteiger partial charge in [0.05, 0.1) is 24.2 Å². The van der Waals surface area contributed by atoms with E-state index in [1.807, 2.05) is 60.2 Å². The van der Waals surface area contributed by atoms with Crippen LogP contribution in [-0.4, -0.2) is 27.1 Å². The maximum absolute atomic E-state index is 12.6. The highest BCUT2D eigenvalue weighted by Crippen LogP contribution is 2.16. The van der Waals surface area contributed by atoms with Crippen molar-refractivity contribution >= 4 is 5.91 Å². The molecule has 0 bridgehead atoms. The van der Waals surface area contributed by atoms with Crippen LogP contribution in [0.4, 0.5) is 0 Å². The lowest BCUT2D eigenvalue weighted by atomic mass is 10.1. The molecule has 3 rings (SSSR count). The van der Waals surface area contributed by atoms with Gasteiger partial charge in [-0.25, -0.2) is 4.98 Å². The van der Waals surface area contributed by atoms with Crippen molar-refractivity contribution < 1.29 is 9.90 Å². The van der Waals surface area contributed by atoms with Crippen LogP contribution >= 0.6 is 0 Å². The molecule has 0 aliphatic carbocycles. The fourth-order valence-corrected chi connectivity index (χ4v) is 2.69. The van der Waals surface area contributed by atoms with Gasteiger partial charge in [-0.1, -0.05) is 35.9 Å². The van der Waals surface area contributed by atoms with Gasteiger partial charge in [-0.15, -0.1) is 0 Å². The molecule has 0 aliphatic rings. The van der Waals surface area contributed by atoms with E-state index >= 15 is 0 Å². The molecule has 0 radical (unpaired) electrons. The number of aromatic nitrogens is 2. The van der Waals surface area contributed by atoms with Crippen LogP contribution in [0.25, 0.3) is 5.69 Å². The van der Waals surface area contributed by atoms with Crippen molar-refractivity contribution in [1.82, 2.24) is 14.9 Å². The second-order valence-corrected chi connectivity index (χ2v) is 5.97. The predicted molar refractivity (Wildman–Crippen MR) is 96.7 cm³/mol. The Morgan fingerprint density at radius 3 is 2.60 bits per heavy atom. The van der Waals surface area contributed by atoms with Crippen LogP contribution in [0, 0.1) is 6.92 Å². The zero-order valence-electron chi connectivity index (χ0n) is 14.1. The molecule has 2 N–H and O–H groups in total. The van der Waals surface area contributed by atoms with E-state index in [1.165, 1.54) is 0 Å². The molecule has 5 heteroatoms. The van der Waals surface area contributed by atoms with E-state index in [2.05, 4.69) is 10.3 Å². The Bertz CT molecular complexity index is 840. The summed E-state index contributed by atoms with van der Waals surface area (Å²) >= 11 is 0. The predicted octanol–water partition coefficient (Wildman–Crippen LogP) is 2.65. The normalized spacial score (nSPS) is 10.6. The number of aliphatic hydroxyl groups is 1. The highest BCUT2D eigenvalue weighted by molar-refractivity contribution is 5.98. The Morgan fingerprint density at radius 2 is 1.92 bits per heavy atom. The standard InChI is InChI=1S/C20H21N3O2/c1-15-2-7-19(23-11-10-21-14-23)18(12-15)20(25)22-9-8-16-3-5-17(13-24)6-4-16/h2-7,10-12,14,24H,8-9,13H2,1H3,(H,22,25). The fourth-order valence-electron chi connectivity index (χ4n) is 2.69. The molecule has 1 amide bonds. The molecule has 5 nitrogen and oxygen atoms in total. The molecule has 1 heterocycles. The summed E-state index contributed by atoms with van der Waals surface area (Å²) in [5.74, 6) is -0.0978. The van der Waals surface area contributed by atoms with Crippen molar-refractivity contribution in [3.8, 4) is 5.69 Å². The zero-order chi connectivity index (χ0) is 17.6. The van der Waals surface area contributed by atoms with E-state index in [1.54, 1.807) is 12.5 Å². The van der Waals surface area contributed by atoms with E-state index in [4.69, 9.17) is 5.11 Å². The van der Waals surface area contributed by atoms with E-state index in [9.17, 15) is 4.79 Å². The fraction of sp³-hybridized carbons (Fsp3) is 0.200. The van der Waals surface area contributed by atoms with Crippen molar-refractivity contribution in [1.29, 1.82) is 0 Å². The number of nitrogens with one attached hydrogen (secondary N) is 1. The molecule has 0 fully saturated rings. The van der Waals surface area contributed by atoms with E-state index in [-0.39, 0.29) is 12.5 Å². The molecule has 0 unspecified atom stereocenters. The summed E-state index contributed by atoms with van der Waals surface area (Å²) in [6.07, 6.45) is 5.94. The third kappa shape index (κ3) is 4.14. The van der Waals surface area contributed by atoms with Crippen LogP contribution in [0.1, 0.15) is 27.0 Å². The van der Waals surface area contributed by atoms with Gasteiger partial charge in [0.2, 0.25) is 0 Å². The monoisotopic (exact) mass is 335 g/mol. The van der Waals surface area contributed by atoms with Crippen molar-refractivity contribution in [2.75, 3.05) is 6.54 Å². The second-order valence-electron chi connectivity index (χ2n) is 5.97. The molecule has 25 heavy (non-hydrogen) atoms. The average molecular weight is 335 g/mol. The first-order valence-electron chi connectivity index (χ1n) is 8.23. The molecule has 0 saturated heterocycles. The minimum atomic E-state index is -0.0978. The van der Waals surface area contributed by atoms with Crippen molar-refractivity contribution in [3.05, 3.63) is 83.4 Å². The lowest BCUT2D eigenvalue weighted by Crippen LogP contribution is -2.27. The minimum absolute atomic E-state index is 0.0431. The summed E-state index contributed by atoms with van der Waals surface area (Å²) < 4.78 is 1.84. The van der Waals surface area contributed by atoms with Gasteiger partial charge in [0.25, 0.3) is 5.91 Å². The lowest BCUT2D eigenvalue weighted by molar-refractivity contribution is 0.0954. The van der Waals surface area contributed by atoms with E-state index in [0.29, 0.717) is 12.1 Å². The van der Waals surface area contributed by atoms with Crippen LogP contribution in [0.15, 0.2) is 61.2 Å². The summed E-state index contributed by atoms with van der Waals surface area (Å²) in [6.45, 7) is 2.56. The van der Waals surface area contributed by atoms with Gasteiger partial charge in [0.15, 0.2) is 0 Å². The first kappa shape index (κ1) is 16.9. The Hall–Kier alpha value is -2.92. The molecule has 0 spiro atoms. The van der Waals surface area contributed by atoms with Crippen LogP contribution in [0.3, 0.4) is 0 Å². The second kappa shape index (κ2) is 7.77. The third-order valence-corrected chi connectivity index (χ3v) is 4.08. The number of carbonyl (C=O) groups is 1. The number of imidazole rings is 1. The van der Waals surface area contributed by atoms with Gasteiger partial charge in [-0.3, -0.25) is 4.79 Å². The molecule has 0 saturated carbocycles. The molecule has 0 atom stereocenters. The van der Waals surface area contributed by atoms with Crippen LogP contribution < -0.4 is 5.32 Å². The topological polar surface area (TPSA) is 67.2 Å². The van der Waals surface area contributed by atoms with Crippen molar-refractivity contribution in [2.45, 2.75) is 20.0 Å². The quantitative estimate of drug-likeness (QED) is 0.728. The highest BCUT2D eigenvalue weighted by Gasteiger charge is 2.12. The Morgan fingerprint density at radius 1 is 1.16 bits per heavy atom. The number of aliphatic hydroxyl groups excluding tert-OH is 1. The third-order valence-electron chi connectivity index (χ3n) is 4.08. The number of hydrogen-bond acceptors (Lipinski definition) is 3. The first-order valence-corrected chi connectivity index (χ1v) is 8.23. The van der Waals surface area contributed by atoms with E-state index < -0.39 is 0 Å². The molecule has 2 aromatic carbocycles. The van der Waals surface area contributed by atoms with Crippen LogP contribution in [-0.2, 0) is 13.0 Å². The minimum Gasteiger partial charge on any atom is -0.392 e. The van der Waals surface area contributed by atoms with Gasteiger partial charge in [0.1, 0.15) is 0 Å². The molecular weight excluding hydrogens is 314 g/mol. The number of aryl methyl sites for hydroxylation is 1. The molecular formula is C20H21N3O2. The summed E-state index contributed by atoms with van der Waals surface area (Å²) in [4.78, 5) is 16.7. The van der Waals surface area contributed by atoms with Crippen LogP contribution in [0.2, 0.25) is 0 Å². The Labute approximate surface area is 147 Å². The largest absolute Gasteiger partial charge is 0.392 e. The first-order chi connectivity index (χ1) is 12.2. The summed E-state index contributed by atoms with van der Waals surface area (Å²) in [6, 6.07) is 13.5. The molecule has 1 aromatic heterocycles. The number of benzene rings is 2. The molecule has 3 aromatic rings. The van der Waals surface area contributed by atoms with Gasteiger partial charge in [-0.05, 0) is 36.6 Å². The van der Waals surface area contributed by atoms with Gasteiger partial charge in [-0.2, -0.15) is 0 Å².